The largest absolute Gasteiger partial charge is 0.480 e. The summed E-state index contributed by atoms with van der Waals surface area (Å²) >= 11 is 5.68. The lowest BCUT2D eigenvalue weighted by Crippen LogP contribution is -2.29. The van der Waals surface area contributed by atoms with Crippen LogP contribution in [-0.2, 0) is 20.4 Å². The number of anilines is 1. The van der Waals surface area contributed by atoms with Crippen molar-refractivity contribution in [2.75, 3.05) is 11.1 Å². The van der Waals surface area contributed by atoms with E-state index in [0.717, 1.165) is 0 Å². The second-order valence-electron chi connectivity index (χ2n) is 3.56. The number of carbonyl (C=O) groups is 2. The van der Waals surface area contributed by atoms with Crippen LogP contribution in [0.5, 0.6) is 0 Å². The number of hydrogen-bond donors (Lipinski definition) is 2. The number of halogens is 1. The average molecular weight is 290 g/mol. The van der Waals surface area contributed by atoms with Gasteiger partial charge in [0, 0.05) is 21.5 Å². The Labute approximate surface area is 112 Å². The Morgan fingerprint density at radius 1 is 1.39 bits per heavy atom. The Kier molecular flexibility index (Phi) is 5.30. The molecule has 1 aromatic rings. The number of hydrogen-bond acceptors (Lipinski definition) is 3. The van der Waals surface area contributed by atoms with Crippen LogP contribution in [0.2, 0.25) is 5.02 Å². The SMILES string of the molecule is CC(C(=O)O)S(=O)CC(=O)Nc1ccc(Cl)cc1. The molecule has 2 N–H and O–H groups in total. The van der Waals surface area contributed by atoms with Crippen molar-refractivity contribution in [2.24, 2.45) is 0 Å². The number of benzene rings is 1. The second-order valence-corrected chi connectivity index (χ2v) is 5.75. The topological polar surface area (TPSA) is 83.5 Å². The Hall–Kier alpha value is -1.40. The monoisotopic (exact) mass is 289 g/mol. The van der Waals surface area contributed by atoms with E-state index in [0.29, 0.717) is 10.7 Å². The Morgan fingerprint density at radius 3 is 2.44 bits per heavy atom. The Morgan fingerprint density at radius 2 is 1.94 bits per heavy atom. The summed E-state index contributed by atoms with van der Waals surface area (Å²) in [7, 11) is -1.74. The summed E-state index contributed by atoms with van der Waals surface area (Å²) in [4.78, 5) is 22.1. The highest BCUT2D eigenvalue weighted by Gasteiger charge is 2.21. The van der Waals surface area contributed by atoms with Crippen LogP contribution in [0.15, 0.2) is 24.3 Å². The highest BCUT2D eigenvalue weighted by Crippen LogP contribution is 2.13. The molecule has 0 bridgehead atoms. The molecule has 2 atom stereocenters. The molecule has 0 saturated heterocycles. The van der Waals surface area contributed by atoms with Gasteiger partial charge in [-0.3, -0.25) is 13.8 Å². The molecule has 0 fully saturated rings. The summed E-state index contributed by atoms with van der Waals surface area (Å²) in [6.07, 6.45) is 0. The normalized spacial score (nSPS) is 13.7. The standard InChI is InChI=1S/C11H12ClNO4S/c1-7(11(15)16)18(17)6-10(14)13-9-4-2-8(12)3-5-9/h2-5,7H,6H2,1H3,(H,13,14)(H,15,16). The Balaban J connectivity index is 2.54. The van der Waals surface area contributed by atoms with Crippen LogP contribution in [0.25, 0.3) is 0 Å². The number of aliphatic carboxylic acids is 1. The van der Waals surface area contributed by atoms with Crippen LogP contribution in [0.1, 0.15) is 6.92 Å². The molecule has 2 unspecified atom stereocenters. The number of rotatable bonds is 5. The van der Waals surface area contributed by atoms with Gasteiger partial charge in [-0.25, -0.2) is 0 Å². The number of nitrogens with one attached hydrogen (secondary N) is 1. The molecule has 0 heterocycles. The highest BCUT2D eigenvalue weighted by atomic mass is 35.5. The molecule has 7 heteroatoms. The first-order valence-electron chi connectivity index (χ1n) is 5.05. The van der Waals surface area contributed by atoms with Crippen LogP contribution < -0.4 is 5.32 Å². The average Bonchev–Trinajstić information content (AvgIpc) is 2.30. The van der Waals surface area contributed by atoms with E-state index < -0.39 is 27.9 Å². The molecule has 18 heavy (non-hydrogen) atoms. The van der Waals surface area contributed by atoms with Gasteiger partial charge in [-0.15, -0.1) is 0 Å². The van der Waals surface area contributed by atoms with E-state index in [4.69, 9.17) is 16.7 Å². The van der Waals surface area contributed by atoms with Crippen LogP contribution in [-0.4, -0.2) is 32.2 Å². The molecule has 0 aromatic heterocycles. The van der Waals surface area contributed by atoms with Crippen molar-refractivity contribution in [3.05, 3.63) is 29.3 Å². The number of carboxylic acids is 1. The van der Waals surface area contributed by atoms with E-state index in [2.05, 4.69) is 5.32 Å². The van der Waals surface area contributed by atoms with Gasteiger partial charge in [0.15, 0.2) is 0 Å². The molecule has 0 aliphatic carbocycles. The maximum absolute atomic E-state index is 11.5. The minimum Gasteiger partial charge on any atom is -0.480 e. The van der Waals surface area contributed by atoms with E-state index in [1.165, 1.54) is 6.92 Å². The van der Waals surface area contributed by atoms with Crippen molar-refractivity contribution in [3.8, 4) is 0 Å². The number of amides is 1. The van der Waals surface area contributed by atoms with Crippen LogP contribution in [0.3, 0.4) is 0 Å². The molecule has 98 valence electrons. The molecule has 1 aromatic carbocycles. The van der Waals surface area contributed by atoms with Gasteiger partial charge >= 0.3 is 5.97 Å². The lowest BCUT2D eigenvalue weighted by atomic mass is 10.3. The van der Waals surface area contributed by atoms with Gasteiger partial charge < -0.3 is 10.4 Å². The lowest BCUT2D eigenvalue weighted by Gasteiger charge is -2.07. The predicted molar refractivity (Wildman–Crippen MR) is 70.2 cm³/mol. The molecule has 0 aliphatic rings. The molecule has 1 rings (SSSR count). The number of carboxylic acid groups (broad SMARTS) is 1. The summed E-state index contributed by atoms with van der Waals surface area (Å²) in [6.45, 7) is 1.30. The van der Waals surface area contributed by atoms with Gasteiger partial charge in [-0.2, -0.15) is 0 Å². The van der Waals surface area contributed by atoms with E-state index in [1.807, 2.05) is 0 Å². The minimum atomic E-state index is -1.74. The van der Waals surface area contributed by atoms with Gasteiger partial charge in [0.1, 0.15) is 11.0 Å². The third-order valence-corrected chi connectivity index (χ3v) is 3.93. The summed E-state index contributed by atoms with van der Waals surface area (Å²) in [5.74, 6) is -2.04. The summed E-state index contributed by atoms with van der Waals surface area (Å²) in [6, 6.07) is 6.41. The zero-order chi connectivity index (χ0) is 13.7. The van der Waals surface area contributed by atoms with Crippen molar-refractivity contribution in [1.29, 1.82) is 0 Å². The van der Waals surface area contributed by atoms with Crippen molar-refractivity contribution in [3.63, 3.8) is 0 Å². The molecule has 0 saturated carbocycles. The van der Waals surface area contributed by atoms with E-state index in [1.54, 1.807) is 24.3 Å². The number of carbonyl (C=O) groups excluding carboxylic acids is 1. The maximum Gasteiger partial charge on any atom is 0.318 e. The smallest absolute Gasteiger partial charge is 0.318 e. The van der Waals surface area contributed by atoms with E-state index >= 15 is 0 Å². The molecule has 1 amide bonds. The fourth-order valence-corrected chi connectivity index (χ4v) is 2.03. The maximum atomic E-state index is 11.5. The van der Waals surface area contributed by atoms with E-state index in [-0.39, 0.29) is 5.75 Å². The zero-order valence-corrected chi connectivity index (χ0v) is 11.1. The van der Waals surface area contributed by atoms with E-state index in [9.17, 15) is 13.8 Å². The van der Waals surface area contributed by atoms with Gasteiger partial charge in [-0.1, -0.05) is 11.6 Å². The fourth-order valence-electron chi connectivity index (χ4n) is 1.10. The lowest BCUT2D eigenvalue weighted by molar-refractivity contribution is -0.136. The first kappa shape index (κ1) is 14.7. The zero-order valence-electron chi connectivity index (χ0n) is 9.55. The third kappa shape index (κ3) is 4.46. The molecule has 0 radical (unpaired) electrons. The second kappa shape index (κ2) is 6.51. The van der Waals surface area contributed by atoms with Gasteiger partial charge in [0.05, 0.1) is 0 Å². The molecular formula is C11H12ClNO4S. The predicted octanol–water partition coefficient (Wildman–Crippen LogP) is 1.50. The molecule has 0 spiro atoms. The first-order chi connectivity index (χ1) is 8.40. The van der Waals surface area contributed by atoms with Gasteiger partial charge in [-0.05, 0) is 31.2 Å². The molecular weight excluding hydrogens is 278 g/mol. The summed E-state index contributed by atoms with van der Waals surface area (Å²) in [5.41, 5.74) is 0.518. The van der Waals surface area contributed by atoms with Crippen LogP contribution in [0, 0.1) is 0 Å². The van der Waals surface area contributed by atoms with Crippen molar-refractivity contribution < 1.29 is 18.9 Å². The van der Waals surface area contributed by atoms with Crippen molar-refractivity contribution in [1.82, 2.24) is 0 Å². The molecule has 0 aliphatic heterocycles. The van der Waals surface area contributed by atoms with Crippen LogP contribution >= 0.6 is 11.6 Å². The minimum absolute atomic E-state index is 0.351. The third-order valence-electron chi connectivity index (χ3n) is 2.14. The van der Waals surface area contributed by atoms with Crippen molar-refractivity contribution in [2.45, 2.75) is 12.2 Å². The Bertz CT molecular complexity index is 474. The van der Waals surface area contributed by atoms with Crippen molar-refractivity contribution >= 4 is 40.0 Å². The first-order valence-corrected chi connectivity index (χ1v) is 6.81. The summed E-state index contributed by atoms with van der Waals surface area (Å²) < 4.78 is 11.5. The molecule has 5 nitrogen and oxygen atoms in total. The quantitative estimate of drug-likeness (QED) is 0.860. The van der Waals surface area contributed by atoms with Crippen LogP contribution in [0.4, 0.5) is 5.69 Å². The highest BCUT2D eigenvalue weighted by molar-refractivity contribution is 7.87. The fraction of sp³-hybridized carbons (Fsp3) is 0.273. The summed E-state index contributed by atoms with van der Waals surface area (Å²) in [5, 5.41) is 10.6. The van der Waals surface area contributed by atoms with Gasteiger partial charge in [0.25, 0.3) is 0 Å². The van der Waals surface area contributed by atoms with Gasteiger partial charge in [0.2, 0.25) is 5.91 Å².